The summed E-state index contributed by atoms with van der Waals surface area (Å²) in [6, 6.07) is 10.6. The monoisotopic (exact) mass is 325 g/mol. The van der Waals surface area contributed by atoms with Gasteiger partial charge in [0.15, 0.2) is 5.76 Å². The molecule has 1 aromatic carbocycles. The van der Waals surface area contributed by atoms with E-state index in [9.17, 15) is 4.79 Å². The van der Waals surface area contributed by atoms with E-state index in [1.54, 1.807) is 0 Å². The number of hydrogen-bond donors (Lipinski definition) is 0. The van der Waals surface area contributed by atoms with E-state index < -0.39 is 0 Å². The van der Waals surface area contributed by atoms with Crippen molar-refractivity contribution in [2.75, 3.05) is 19.6 Å². The van der Waals surface area contributed by atoms with E-state index in [2.05, 4.69) is 34.3 Å². The van der Waals surface area contributed by atoms with Crippen molar-refractivity contribution >= 4 is 5.91 Å². The van der Waals surface area contributed by atoms with Crippen LogP contribution in [0, 0.1) is 6.92 Å². The third-order valence-corrected chi connectivity index (χ3v) is 5.16. The molecule has 2 aromatic rings. The van der Waals surface area contributed by atoms with Gasteiger partial charge in [-0.3, -0.25) is 9.69 Å². The van der Waals surface area contributed by atoms with Crippen molar-refractivity contribution in [3.8, 4) is 0 Å². The molecule has 2 aliphatic rings. The van der Waals surface area contributed by atoms with E-state index in [0.29, 0.717) is 6.54 Å². The third kappa shape index (κ3) is 2.96. The zero-order valence-electron chi connectivity index (χ0n) is 14.1. The lowest BCUT2D eigenvalue weighted by Gasteiger charge is -2.31. The number of rotatable bonds is 3. The Labute approximate surface area is 142 Å². The lowest BCUT2D eigenvalue weighted by molar-refractivity contribution is -0.133. The van der Waals surface area contributed by atoms with E-state index >= 15 is 0 Å². The molecule has 0 saturated carbocycles. The summed E-state index contributed by atoms with van der Waals surface area (Å²) in [5.41, 5.74) is 3.55. The van der Waals surface area contributed by atoms with Gasteiger partial charge in [0, 0.05) is 19.2 Å². The van der Waals surface area contributed by atoms with E-state index in [1.807, 2.05) is 17.9 Å². The summed E-state index contributed by atoms with van der Waals surface area (Å²) >= 11 is 0. The molecule has 5 nitrogen and oxygen atoms in total. The molecular formula is C19H23N3O2. The maximum absolute atomic E-state index is 12.8. The van der Waals surface area contributed by atoms with Gasteiger partial charge in [-0.2, -0.15) is 0 Å². The highest BCUT2D eigenvalue weighted by atomic mass is 16.5. The number of aryl methyl sites for hydroxylation is 1. The molecule has 126 valence electrons. The van der Waals surface area contributed by atoms with Gasteiger partial charge in [-0.1, -0.05) is 29.4 Å². The van der Waals surface area contributed by atoms with Crippen LogP contribution >= 0.6 is 0 Å². The Morgan fingerprint density at radius 3 is 2.92 bits per heavy atom. The third-order valence-electron chi connectivity index (χ3n) is 5.16. The normalized spacial score (nSPS) is 21.0. The molecule has 0 spiro atoms. The van der Waals surface area contributed by atoms with Crippen molar-refractivity contribution in [2.45, 2.75) is 38.8 Å². The van der Waals surface area contributed by atoms with E-state index in [0.717, 1.165) is 50.4 Å². The highest BCUT2D eigenvalue weighted by Crippen LogP contribution is 2.32. The van der Waals surface area contributed by atoms with Gasteiger partial charge in [0.1, 0.15) is 0 Å². The summed E-state index contributed by atoms with van der Waals surface area (Å²) in [5, 5.41) is 3.99. The number of carbonyl (C=O) groups is 1. The van der Waals surface area contributed by atoms with E-state index in [1.165, 1.54) is 11.1 Å². The molecule has 1 aromatic heterocycles. The zero-order chi connectivity index (χ0) is 16.5. The Morgan fingerprint density at radius 1 is 1.29 bits per heavy atom. The van der Waals surface area contributed by atoms with Crippen LogP contribution in [0.3, 0.4) is 0 Å². The fourth-order valence-corrected chi connectivity index (χ4v) is 3.86. The number of fused-ring (bicyclic) bond motifs is 1. The summed E-state index contributed by atoms with van der Waals surface area (Å²) in [5.74, 6) is 1.11. The van der Waals surface area contributed by atoms with Crippen LogP contribution in [0.2, 0.25) is 0 Å². The molecule has 0 aliphatic carbocycles. The minimum Gasteiger partial charge on any atom is -0.359 e. The van der Waals surface area contributed by atoms with Crippen LogP contribution < -0.4 is 0 Å². The second-order valence-electron chi connectivity index (χ2n) is 6.83. The molecule has 0 N–H and O–H groups in total. The topological polar surface area (TPSA) is 49.6 Å². The average molecular weight is 325 g/mol. The molecule has 1 amide bonds. The first kappa shape index (κ1) is 15.4. The summed E-state index contributed by atoms with van der Waals surface area (Å²) in [4.78, 5) is 17.0. The predicted molar refractivity (Wildman–Crippen MR) is 90.4 cm³/mol. The second-order valence-corrected chi connectivity index (χ2v) is 6.83. The van der Waals surface area contributed by atoms with Crippen molar-refractivity contribution in [1.82, 2.24) is 15.0 Å². The van der Waals surface area contributed by atoms with E-state index in [4.69, 9.17) is 4.52 Å². The maximum atomic E-state index is 12.8. The number of nitrogens with zero attached hydrogens (tertiary/aromatic N) is 3. The zero-order valence-corrected chi connectivity index (χ0v) is 14.1. The Morgan fingerprint density at radius 2 is 2.12 bits per heavy atom. The second kappa shape index (κ2) is 6.40. The number of carbonyl (C=O) groups excluding carboxylic acids is 1. The lowest BCUT2D eigenvalue weighted by Crippen LogP contribution is -2.42. The molecule has 3 heterocycles. The minimum atomic E-state index is 0.187. The van der Waals surface area contributed by atoms with Gasteiger partial charge in [-0.15, -0.1) is 0 Å². The van der Waals surface area contributed by atoms with Crippen molar-refractivity contribution in [3.05, 3.63) is 52.9 Å². The van der Waals surface area contributed by atoms with Crippen LogP contribution in [0.15, 0.2) is 34.9 Å². The number of benzene rings is 1. The van der Waals surface area contributed by atoms with Crippen molar-refractivity contribution in [3.63, 3.8) is 0 Å². The molecule has 24 heavy (non-hydrogen) atoms. The molecule has 1 atom stereocenters. The SMILES string of the molecule is Cc1cc([C@H]2CCCN2CC(=O)N2CCc3ccccc3C2)on1. The smallest absolute Gasteiger partial charge is 0.237 e. The number of likely N-dealkylation sites (tertiary alicyclic amines) is 1. The van der Waals surface area contributed by atoms with E-state index in [-0.39, 0.29) is 11.9 Å². The first-order valence-electron chi connectivity index (χ1n) is 8.72. The molecule has 5 heteroatoms. The quantitative estimate of drug-likeness (QED) is 0.870. The molecular weight excluding hydrogens is 302 g/mol. The van der Waals surface area contributed by atoms with Crippen LogP contribution in [0.5, 0.6) is 0 Å². The molecule has 0 radical (unpaired) electrons. The number of aromatic nitrogens is 1. The standard InChI is InChI=1S/C19H23N3O2/c1-14-11-18(24-20-14)17-7-4-9-21(17)13-19(23)22-10-8-15-5-2-3-6-16(15)12-22/h2-3,5-6,11,17H,4,7-10,12-13H2,1H3/t17-/m1/s1. The Balaban J connectivity index is 1.42. The largest absolute Gasteiger partial charge is 0.359 e. The van der Waals surface area contributed by atoms with Crippen LogP contribution in [0.1, 0.15) is 41.5 Å². The van der Waals surface area contributed by atoms with Crippen molar-refractivity contribution < 1.29 is 9.32 Å². The number of hydrogen-bond acceptors (Lipinski definition) is 4. The van der Waals surface area contributed by atoms with Gasteiger partial charge in [0.25, 0.3) is 0 Å². The molecule has 2 aliphatic heterocycles. The van der Waals surface area contributed by atoms with Gasteiger partial charge in [-0.25, -0.2) is 0 Å². The van der Waals surface area contributed by atoms with Gasteiger partial charge < -0.3 is 9.42 Å². The van der Waals surface area contributed by atoms with Gasteiger partial charge >= 0.3 is 0 Å². The van der Waals surface area contributed by atoms with Crippen LogP contribution in [-0.2, 0) is 17.8 Å². The number of amides is 1. The Hall–Kier alpha value is -2.14. The van der Waals surface area contributed by atoms with Gasteiger partial charge in [-0.05, 0) is 43.9 Å². The van der Waals surface area contributed by atoms with Gasteiger partial charge in [0.2, 0.25) is 5.91 Å². The molecule has 0 unspecified atom stereocenters. The van der Waals surface area contributed by atoms with Crippen LogP contribution in [0.25, 0.3) is 0 Å². The highest BCUT2D eigenvalue weighted by molar-refractivity contribution is 5.78. The molecule has 4 rings (SSSR count). The predicted octanol–water partition coefficient (Wildman–Crippen LogP) is 2.70. The summed E-state index contributed by atoms with van der Waals surface area (Å²) in [7, 11) is 0. The molecule has 0 bridgehead atoms. The average Bonchev–Trinajstić information content (AvgIpc) is 3.23. The summed E-state index contributed by atoms with van der Waals surface area (Å²) < 4.78 is 5.44. The maximum Gasteiger partial charge on any atom is 0.237 e. The minimum absolute atomic E-state index is 0.187. The first-order valence-corrected chi connectivity index (χ1v) is 8.72. The van der Waals surface area contributed by atoms with Crippen LogP contribution in [-0.4, -0.2) is 40.5 Å². The van der Waals surface area contributed by atoms with Crippen LogP contribution in [0.4, 0.5) is 0 Å². The van der Waals surface area contributed by atoms with Gasteiger partial charge in [0.05, 0.1) is 18.3 Å². The highest BCUT2D eigenvalue weighted by Gasteiger charge is 2.32. The van der Waals surface area contributed by atoms with Crippen molar-refractivity contribution in [2.24, 2.45) is 0 Å². The summed E-state index contributed by atoms with van der Waals surface area (Å²) in [6.07, 6.45) is 3.08. The fraction of sp³-hybridized carbons (Fsp3) is 0.474. The Kier molecular flexibility index (Phi) is 4.10. The molecule has 1 saturated heterocycles. The van der Waals surface area contributed by atoms with Crippen molar-refractivity contribution in [1.29, 1.82) is 0 Å². The summed E-state index contributed by atoms with van der Waals surface area (Å²) in [6.45, 7) is 4.89. The lowest BCUT2D eigenvalue weighted by atomic mass is 10.00. The first-order chi connectivity index (χ1) is 11.7. The fourth-order valence-electron chi connectivity index (χ4n) is 3.86. The molecule has 1 fully saturated rings. The Bertz CT molecular complexity index is 740.